The minimum Gasteiger partial charge on any atom is -0.481 e. The second kappa shape index (κ2) is 5.80. The molecule has 0 aliphatic carbocycles. The van der Waals surface area contributed by atoms with Crippen LogP contribution in [-0.2, 0) is 4.79 Å². The fourth-order valence-corrected chi connectivity index (χ4v) is 3.29. The first kappa shape index (κ1) is 14.2. The molecule has 2 amide bonds. The summed E-state index contributed by atoms with van der Waals surface area (Å²) in [5, 5.41) is 9.45. The Hall–Kier alpha value is -1.26. The molecule has 1 N–H and O–H groups in total. The molecule has 0 radical (unpaired) electrons. The van der Waals surface area contributed by atoms with Crippen LogP contribution in [-0.4, -0.2) is 53.1 Å². The summed E-state index contributed by atoms with van der Waals surface area (Å²) in [4.78, 5) is 27.5. The van der Waals surface area contributed by atoms with Gasteiger partial charge in [-0.05, 0) is 32.1 Å². The molecule has 1 unspecified atom stereocenters. The van der Waals surface area contributed by atoms with E-state index in [1.165, 1.54) is 6.42 Å². The summed E-state index contributed by atoms with van der Waals surface area (Å²) in [5.74, 6) is -0.747. The van der Waals surface area contributed by atoms with Crippen molar-refractivity contribution >= 4 is 12.0 Å². The van der Waals surface area contributed by atoms with E-state index in [9.17, 15) is 14.7 Å². The zero-order valence-electron chi connectivity index (χ0n) is 11.7. The quantitative estimate of drug-likeness (QED) is 0.853. The van der Waals surface area contributed by atoms with Crippen LogP contribution in [0, 0.1) is 5.41 Å². The highest BCUT2D eigenvalue weighted by Gasteiger charge is 2.46. The number of carbonyl (C=O) groups excluding carboxylic acids is 1. The fraction of sp³-hybridized carbons (Fsp3) is 0.857. The number of hydrogen-bond acceptors (Lipinski definition) is 2. The molecule has 5 heteroatoms. The predicted octanol–water partition coefficient (Wildman–Crippen LogP) is 2.17. The van der Waals surface area contributed by atoms with Gasteiger partial charge in [-0.25, -0.2) is 4.79 Å². The second-order valence-corrected chi connectivity index (χ2v) is 5.84. The number of rotatable bonds is 3. The molecule has 0 spiro atoms. The first-order valence-corrected chi connectivity index (χ1v) is 7.36. The zero-order chi connectivity index (χ0) is 13.9. The van der Waals surface area contributed by atoms with Crippen molar-refractivity contribution in [2.24, 2.45) is 5.41 Å². The van der Waals surface area contributed by atoms with Crippen LogP contribution in [0.25, 0.3) is 0 Å². The Labute approximate surface area is 114 Å². The molecule has 2 heterocycles. The molecular formula is C14H24N2O3. The monoisotopic (exact) mass is 268 g/mol. The lowest BCUT2D eigenvalue weighted by Gasteiger charge is -2.32. The Bertz CT molecular complexity index is 353. The zero-order valence-corrected chi connectivity index (χ0v) is 11.7. The van der Waals surface area contributed by atoms with Crippen molar-refractivity contribution in [3.63, 3.8) is 0 Å². The molecule has 5 nitrogen and oxygen atoms in total. The Morgan fingerprint density at radius 1 is 1.11 bits per heavy atom. The number of nitrogens with zero attached hydrogens (tertiary/aromatic N) is 2. The molecule has 0 aromatic heterocycles. The molecule has 108 valence electrons. The van der Waals surface area contributed by atoms with E-state index in [4.69, 9.17) is 0 Å². The van der Waals surface area contributed by atoms with Gasteiger partial charge in [-0.15, -0.1) is 0 Å². The van der Waals surface area contributed by atoms with Gasteiger partial charge in [0.05, 0.1) is 5.41 Å². The number of urea groups is 1. The maximum Gasteiger partial charge on any atom is 0.320 e. The van der Waals surface area contributed by atoms with Crippen molar-refractivity contribution in [2.75, 3.05) is 26.2 Å². The van der Waals surface area contributed by atoms with Gasteiger partial charge in [0, 0.05) is 26.2 Å². The van der Waals surface area contributed by atoms with Crippen molar-refractivity contribution in [2.45, 2.75) is 45.4 Å². The average molecular weight is 268 g/mol. The van der Waals surface area contributed by atoms with E-state index in [2.05, 4.69) is 0 Å². The summed E-state index contributed by atoms with van der Waals surface area (Å²) in [5.41, 5.74) is -0.708. The number of piperidine rings is 1. The smallest absolute Gasteiger partial charge is 0.320 e. The molecule has 2 aliphatic heterocycles. The molecule has 2 fully saturated rings. The third kappa shape index (κ3) is 2.85. The van der Waals surface area contributed by atoms with Gasteiger partial charge < -0.3 is 14.9 Å². The van der Waals surface area contributed by atoms with Crippen molar-refractivity contribution in [3.8, 4) is 0 Å². The third-order valence-corrected chi connectivity index (χ3v) is 4.43. The number of hydrogen-bond donors (Lipinski definition) is 1. The summed E-state index contributed by atoms with van der Waals surface area (Å²) in [6.07, 6.45) is 5.43. The number of likely N-dealkylation sites (tertiary alicyclic amines) is 2. The summed E-state index contributed by atoms with van der Waals surface area (Å²) in [6, 6.07) is 0.0407. The van der Waals surface area contributed by atoms with E-state index in [1.54, 1.807) is 4.90 Å². The Morgan fingerprint density at radius 2 is 1.79 bits per heavy atom. The second-order valence-electron chi connectivity index (χ2n) is 5.84. The summed E-state index contributed by atoms with van der Waals surface area (Å²) in [7, 11) is 0. The molecule has 0 saturated carbocycles. The maximum absolute atomic E-state index is 12.4. The van der Waals surface area contributed by atoms with E-state index in [0.29, 0.717) is 25.9 Å². The maximum atomic E-state index is 12.4. The van der Waals surface area contributed by atoms with Crippen LogP contribution in [0.5, 0.6) is 0 Å². The summed E-state index contributed by atoms with van der Waals surface area (Å²) < 4.78 is 0. The predicted molar refractivity (Wildman–Crippen MR) is 72.0 cm³/mol. The van der Waals surface area contributed by atoms with Crippen molar-refractivity contribution in [1.82, 2.24) is 9.80 Å². The van der Waals surface area contributed by atoms with Crippen LogP contribution >= 0.6 is 0 Å². The molecule has 2 rings (SSSR count). The van der Waals surface area contributed by atoms with E-state index < -0.39 is 11.4 Å². The van der Waals surface area contributed by atoms with Gasteiger partial charge in [0.15, 0.2) is 0 Å². The first-order chi connectivity index (χ1) is 9.09. The van der Waals surface area contributed by atoms with Gasteiger partial charge in [-0.2, -0.15) is 0 Å². The minimum absolute atomic E-state index is 0.0407. The van der Waals surface area contributed by atoms with Crippen molar-refractivity contribution < 1.29 is 14.7 Å². The van der Waals surface area contributed by atoms with Crippen LogP contribution in [0.1, 0.15) is 45.4 Å². The van der Waals surface area contributed by atoms with E-state index in [-0.39, 0.29) is 6.03 Å². The van der Waals surface area contributed by atoms with E-state index >= 15 is 0 Å². The first-order valence-electron chi connectivity index (χ1n) is 7.36. The van der Waals surface area contributed by atoms with Gasteiger partial charge in [0.1, 0.15) is 0 Å². The fourth-order valence-electron chi connectivity index (χ4n) is 3.29. The highest BCUT2D eigenvalue weighted by molar-refractivity contribution is 5.79. The summed E-state index contributed by atoms with van der Waals surface area (Å²) >= 11 is 0. The molecular weight excluding hydrogens is 244 g/mol. The third-order valence-electron chi connectivity index (χ3n) is 4.43. The molecule has 19 heavy (non-hydrogen) atoms. The van der Waals surface area contributed by atoms with Crippen LogP contribution in [0.2, 0.25) is 0 Å². The molecule has 0 aromatic carbocycles. The molecule has 0 bridgehead atoms. The van der Waals surface area contributed by atoms with Crippen LogP contribution < -0.4 is 0 Å². The minimum atomic E-state index is -0.747. The van der Waals surface area contributed by atoms with Crippen molar-refractivity contribution in [3.05, 3.63) is 0 Å². The lowest BCUT2D eigenvalue weighted by molar-refractivity contribution is -0.148. The number of aliphatic carboxylic acids is 1. The number of carbonyl (C=O) groups is 2. The normalized spacial score (nSPS) is 27.6. The van der Waals surface area contributed by atoms with Gasteiger partial charge in [0.25, 0.3) is 0 Å². The van der Waals surface area contributed by atoms with E-state index in [0.717, 1.165) is 32.4 Å². The van der Waals surface area contributed by atoms with Gasteiger partial charge in [-0.3, -0.25) is 4.79 Å². The van der Waals surface area contributed by atoms with Crippen LogP contribution in [0.3, 0.4) is 0 Å². The Kier molecular flexibility index (Phi) is 4.32. The molecule has 2 saturated heterocycles. The van der Waals surface area contributed by atoms with Crippen molar-refractivity contribution in [1.29, 1.82) is 0 Å². The standard InChI is InChI=1S/C14H24N2O3/c1-2-6-14(12(17)18)7-10-16(11-14)13(19)15-8-4-3-5-9-15/h2-11H2,1H3,(H,17,18). The largest absolute Gasteiger partial charge is 0.481 e. The van der Waals surface area contributed by atoms with Crippen LogP contribution in [0.4, 0.5) is 4.79 Å². The average Bonchev–Trinajstić information content (AvgIpc) is 2.85. The Morgan fingerprint density at radius 3 is 2.37 bits per heavy atom. The molecule has 1 atom stereocenters. The van der Waals surface area contributed by atoms with E-state index in [1.807, 2.05) is 11.8 Å². The highest BCUT2D eigenvalue weighted by Crippen LogP contribution is 2.36. The number of carboxylic acids is 1. The SMILES string of the molecule is CCCC1(C(=O)O)CCN(C(=O)N2CCCCC2)C1. The Balaban J connectivity index is 1.99. The summed E-state index contributed by atoms with van der Waals surface area (Å²) in [6.45, 7) is 4.61. The molecule has 2 aliphatic rings. The van der Waals surface area contributed by atoms with Crippen LogP contribution in [0.15, 0.2) is 0 Å². The number of amides is 2. The topological polar surface area (TPSA) is 60.9 Å². The molecule has 0 aromatic rings. The highest BCUT2D eigenvalue weighted by atomic mass is 16.4. The van der Waals surface area contributed by atoms with Gasteiger partial charge in [0.2, 0.25) is 0 Å². The lowest BCUT2D eigenvalue weighted by atomic mass is 9.83. The van der Waals surface area contributed by atoms with Gasteiger partial charge >= 0.3 is 12.0 Å². The van der Waals surface area contributed by atoms with Gasteiger partial charge in [-0.1, -0.05) is 13.3 Å². The lowest BCUT2D eigenvalue weighted by Crippen LogP contribution is -2.46. The number of carboxylic acid groups (broad SMARTS) is 1.